The molecular formula is C22H25N5O2S. The van der Waals surface area contributed by atoms with E-state index in [2.05, 4.69) is 10.3 Å². The number of imidazole rings is 1. The number of carbonyl (C=O) groups excluding carboxylic acids is 2. The lowest BCUT2D eigenvalue weighted by molar-refractivity contribution is -0.131. The van der Waals surface area contributed by atoms with Crippen molar-refractivity contribution in [1.82, 2.24) is 14.6 Å². The van der Waals surface area contributed by atoms with Crippen LogP contribution in [0.5, 0.6) is 0 Å². The Labute approximate surface area is 180 Å². The van der Waals surface area contributed by atoms with Crippen molar-refractivity contribution in [3.8, 4) is 11.3 Å². The van der Waals surface area contributed by atoms with Crippen LogP contribution >= 0.6 is 11.8 Å². The molecule has 0 fully saturated rings. The summed E-state index contributed by atoms with van der Waals surface area (Å²) in [4.78, 5) is 30.7. The van der Waals surface area contributed by atoms with E-state index < -0.39 is 0 Å². The molecule has 30 heavy (non-hydrogen) atoms. The molecule has 0 bridgehead atoms. The number of hydrogen-bond acceptors (Lipinski definition) is 5. The van der Waals surface area contributed by atoms with Crippen molar-refractivity contribution >= 4 is 29.3 Å². The van der Waals surface area contributed by atoms with Crippen molar-refractivity contribution in [2.24, 2.45) is 0 Å². The maximum atomic E-state index is 12.5. The Bertz CT molecular complexity index is 1050. The van der Waals surface area contributed by atoms with Gasteiger partial charge in [-0.05, 0) is 31.0 Å². The first-order chi connectivity index (χ1) is 14.3. The van der Waals surface area contributed by atoms with Gasteiger partial charge in [0.1, 0.15) is 0 Å². The average Bonchev–Trinajstić information content (AvgIpc) is 3.10. The molecule has 0 saturated heterocycles. The molecule has 0 unspecified atom stereocenters. The van der Waals surface area contributed by atoms with E-state index in [9.17, 15) is 9.59 Å². The van der Waals surface area contributed by atoms with E-state index in [-0.39, 0.29) is 24.1 Å². The number of nitrogens with two attached hydrogens (primary N) is 1. The average molecular weight is 424 g/mol. The SMILES string of the molecule is Cc1ccc(C)c(NC(=O)CN(C)C(=O)CSc2nc(-c3ccccc3)cn2N)c1. The lowest BCUT2D eigenvalue weighted by Crippen LogP contribution is -2.36. The number of hydrogen-bond donors (Lipinski definition) is 2. The molecule has 3 N–H and O–H groups in total. The summed E-state index contributed by atoms with van der Waals surface area (Å²) in [5.74, 6) is 5.69. The van der Waals surface area contributed by atoms with Gasteiger partial charge in [0.2, 0.25) is 11.8 Å². The van der Waals surface area contributed by atoms with E-state index in [0.29, 0.717) is 5.16 Å². The summed E-state index contributed by atoms with van der Waals surface area (Å²) in [6.07, 6.45) is 1.73. The van der Waals surface area contributed by atoms with Gasteiger partial charge in [0.15, 0.2) is 5.16 Å². The number of rotatable bonds is 7. The second kappa shape index (κ2) is 9.49. The quantitative estimate of drug-likeness (QED) is 0.450. The number of anilines is 1. The van der Waals surface area contributed by atoms with Crippen molar-refractivity contribution in [3.63, 3.8) is 0 Å². The van der Waals surface area contributed by atoms with Crippen LogP contribution in [0, 0.1) is 13.8 Å². The highest BCUT2D eigenvalue weighted by Crippen LogP contribution is 2.23. The topological polar surface area (TPSA) is 93.2 Å². The summed E-state index contributed by atoms with van der Waals surface area (Å²) >= 11 is 1.24. The minimum atomic E-state index is -0.240. The van der Waals surface area contributed by atoms with E-state index in [1.807, 2.05) is 62.4 Å². The molecule has 2 amide bonds. The zero-order chi connectivity index (χ0) is 21.7. The number of nitrogens with one attached hydrogen (secondary N) is 1. The summed E-state index contributed by atoms with van der Waals surface area (Å²) in [6.45, 7) is 3.87. The number of aryl methyl sites for hydroxylation is 2. The fourth-order valence-electron chi connectivity index (χ4n) is 2.83. The molecule has 156 valence electrons. The zero-order valence-corrected chi connectivity index (χ0v) is 18.1. The second-order valence-electron chi connectivity index (χ2n) is 7.09. The number of thioether (sulfide) groups is 1. The Morgan fingerprint density at radius 1 is 1.17 bits per heavy atom. The Kier molecular flexibility index (Phi) is 6.79. The van der Waals surface area contributed by atoms with Crippen molar-refractivity contribution in [3.05, 3.63) is 65.9 Å². The van der Waals surface area contributed by atoms with Crippen LogP contribution in [0.4, 0.5) is 5.69 Å². The van der Waals surface area contributed by atoms with Crippen LogP contribution in [-0.4, -0.2) is 45.7 Å². The first kappa shape index (κ1) is 21.4. The van der Waals surface area contributed by atoms with Crippen LogP contribution in [0.2, 0.25) is 0 Å². The van der Waals surface area contributed by atoms with Crippen molar-refractivity contribution in [1.29, 1.82) is 0 Å². The largest absolute Gasteiger partial charge is 0.337 e. The minimum Gasteiger partial charge on any atom is -0.337 e. The van der Waals surface area contributed by atoms with Crippen LogP contribution < -0.4 is 11.2 Å². The molecule has 0 atom stereocenters. The smallest absolute Gasteiger partial charge is 0.243 e. The van der Waals surface area contributed by atoms with Crippen LogP contribution in [0.3, 0.4) is 0 Å². The molecule has 0 aliphatic carbocycles. The number of benzene rings is 2. The van der Waals surface area contributed by atoms with Crippen LogP contribution in [0.25, 0.3) is 11.3 Å². The Balaban J connectivity index is 1.54. The standard InChI is InChI=1S/C22H25N5O2S/c1-15-9-10-16(2)18(11-15)24-20(28)13-26(3)21(29)14-30-22-25-19(12-27(22)23)17-7-5-4-6-8-17/h4-12H,13-14,23H2,1-3H3,(H,24,28). The number of nitrogen functional groups attached to an aromatic ring is 1. The van der Waals surface area contributed by atoms with Crippen molar-refractivity contribution < 1.29 is 9.59 Å². The van der Waals surface area contributed by atoms with Gasteiger partial charge in [-0.15, -0.1) is 0 Å². The highest BCUT2D eigenvalue weighted by atomic mass is 32.2. The molecule has 0 radical (unpaired) electrons. The molecule has 1 heterocycles. The van der Waals surface area contributed by atoms with Crippen LogP contribution in [0.1, 0.15) is 11.1 Å². The van der Waals surface area contributed by atoms with E-state index >= 15 is 0 Å². The molecule has 1 aromatic heterocycles. The van der Waals surface area contributed by atoms with E-state index in [1.165, 1.54) is 21.3 Å². The third-order valence-corrected chi connectivity index (χ3v) is 5.52. The molecule has 0 aliphatic heterocycles. The van der Waals surface area contributed by atoms with Gasteiger partial charge in [-0.25, -0.2) is 9.66 Å². The molecule has 3 rings (SSSR count). The predicted molar refractivity (Wildman–Crippen MR) is 121 cm³/mol. The molecule has 0 aliphatic rings. The highest BCUT2D eigenvalue weighted by Gasteiger charge is 2.16. The Hall–Kier alpha value is -3.26. The molecule has 3 aromatic rings. The van der Waals surface area contributed by atoms with E-state index in [4.69, 9.17) is 5.84 Å². The first-order valence-corrected chi connectivity index (χ1v) is 10.5. The van der Waals surface area contributed by atoms with Crippen LogP contribution in [-0.2, 0) is 9.59 Å². The van der Waals surface area contributed by atoms with Gasteiger partial charge in [0, 0.05) is 18.3 Å². The fourth-order valence-corrected chi connectivity index (χ4v) is 3.67. The summed E-state index contributed by atoms with van der Waals surface area (Å²) in [7, 11) is 1.61. The number of aromatic nitrogens is 2. The summed E-state index contributed by atoms with van der Waals surface area (Å²) < 4.78 is 1.41. The number of carbonyl (C=O) groups is 2. The number of amides is 2. The van der Waals surface area contributed by atoms with Gasteiger partial charge >= 0.3 is 0 Å². The molecule has 2 aromatic carbocycles. The molecule has 0 spiro atoms. The number of likely N-dealkylation sites (N-methyl/N-ethyl adjacent to an activating group) is 1. The Morgan fingerprint density at radius 2 is 1.90 bits per heavy atom. The van der Waals surface area contributed by atoms with Gasteiger partial charge in [-0.2, -0.15) is 0 Å². The lowest BCUT2D eigenvalue weighted by atomic mass is 10.1. The maximum Gasteiger partial charge on any atom is 0.243 e. The minimum absolute atomic E-state index is 0.0287. The highest BCUT2D eigenvalue weighted by molar-refractivity contribution is 7.99. The monoisotopic (exact) mass is 423 g/mol. The Morgan fingerprint density at radius 3 is 2.63 bits per heavy atom. The van der Waals surface area contributed by atoms with E-state index in [1.54, 1.807) is 13.2 Å². The van der Waals surface area contributed by atoms with Crippen molar-refractivity contribution in [2.75, 3.05) is 30.5 Å². The van der Waals surface area contributed by atoms with Gasteiger partial charge in [-0.1, -0.05) is 54.2 Å². The second-order valence-corrected chi connectivity index (χ2v) is 8.03. The first-order valence-electron chi connectivity index (χ1n) is 9.47. The summed E-state index contributed by atoms with van der Waals surface area (Å²) in [5, 5.41) is 3.40. The zero-order valence-electron chi connectivity index (χ0n) is 17.3. The third kappa shape index (κ3) is 5.42. The van der Waals surface area contributed by atoms with Gasteiger partial charge in [0.05, 0.1) is 24.2 Å². The maximum absolute atomic E-state index is 12.5. The molecular weight excluding hydrogens is 398 g/mol. The predicted octanol–water partition coefficient (Wildman–Crippen LogP) is 3.07. The summed E-state index contributed by atoms with van der Waals surface area (Å²) in [5.41, 5.74) is 4.49. The van der Waals surface area contributed by atoms with Crippen LogP contribution in [0.15, 0.2) is 59.9 Å². The molecule has 0 saturated carbocycles. The summed E-state index contributed by atoms with van der Waals surface area (Å²) in [6, 6.07) is 15.5. The molecule has 7 nitrogen and oxygen atoms in total. The number of nitrogens with zero attached hydrogens (tertiary/aromatic N) is 3. The van der Waals surface area contributed by atoms with Gasteiger partial charge in [-0.3, -0.25) is 9.59 Å². The van der Waals surface area contributed by atoms with Gasteiger partial charge in [0.25, 0.3) is 0 Å². The van der Waals surface area contributed by atoms with E-state index in [0.717, 1.165) is 28.1 Å². The fraction of sp³-hybridized carbons (Fsp3) is 0.227. The lowest BCUT2D eigenvalue weighted by Gasteiger charge is -2.17. The van der Waals surface area contributed by atoms with Crippen molar-refractivity contribution in [2.45, 2.75) is 19.0 Å². The molecule has 8 heteroatoms. The van der Waals surface area contributed by atoms with Gasteiger partial charge < -0.3 is 16.1 Å². The third-order valence-electron chi connectivity index (χ3n) is 4.57. The normalized spacial score (nSPS) is 10.6.